The molecule has 0 amide bonds. The van der Waals surface area contributed by atoms with Gasteiger partial charge in [-0.25, -0.2) is 0 Å². The normalized spacial score (nSPS) is 16.6. The van der Waals surface area contributed by atoms with Crippen molar-refractivity contribution in [3.8, 4) is 0 Å². The largest absolute Gasteiger partial charge is 0.314 e. The van der Waals surface area contributed by atoms with E-state index in [2.05, 4.69) is 74.6 Å². The number of hydrogen-bond acceptors (Lipinski definition) is 3. The molecule has 2 aromatic rings. The Morgan fingerprint density at radius 1 is 1.05 bits per heavy atom. The van der Waals surface area contributed by atoms with Crippen LogP contribution in [0.5, 0.6) is 0 Å². The van der Waals surface area contributed by atoms with Crippen LogP contribution in [0.3, 0.4) is 0 Å². The van der Waals surface area contributed by atoms with E-state index in [4.69, 9.17) is 0 Å². The predicted octanol–water partition coefficient (Wildman–Crippen LogP) is 4.19. The minimum Gasteiger partial charge on any atom is -0.314 e. The van der Waals surface area contributed by atoms with Crippen molar-refractivity contribution < 1.29 is 0 Å². The molecule has 21 heavy (non-hydrogen) atoms. The molecule has 1 N–H and O–H groups in total. The van der Waals surface area contributed by atoms with E-state index in [9.17, 15) is 0 Å². The maximum atomic E-state index is 3.44. The monoisotopic (exact) mass is 456 g/mol. The summed E-state index contributed by atoms with van der Waals surface area (Å²) in [5, 5.41) is 5.62. The Hall–Kier alpha value is 0.150. The van der Waals surface area contributed by atoms with Crippen molar-refractivity contribution in [3.63, 3.8) is 0 Å². The first-order valence-corrected chi connectivity index (χ1v) is 8.55. The first kappa shape index (κ1) is 19.2. The molecule has 2 nitrogen and oxygen atoms in total. The maximum absolute atomic E-state index is 3.44. The molecule has 1 aliphatic heterocycles. The van der Waals surface area contributed by atoms with E-state index in [-0.39, 0.29) is 24.8 Å². The second-order valence-corrected chi connectivity index (χ2v) is 6.87. The number of nitrogens with one attached hydrogen (secondary N) is 1. The molecular weight excluding hydrogens is 438 g/mol. The number of nitrogens with zero attached hydrogens (tertiary/aromatic N) is 1. The van der Waals surface area contributed by atoms with E-state index in [0.29, 0.717) is 6.04 Å². The maximum Gasteiger partial charge on any atom is 0.0707 e. The third-order valence-electron chi connectivity index (χ3n) is 3.53. The fraction of sp³-hybridized carbons (Fsp3) is 0.333. The van der Waals surface area contributed by atoms with Gasteiger partial charge in [-0.15, -0.1) is 36.2 Å². The van der Waals surface area contributed by atoms with Crippen LogP contribution in [0.25, 0.3) is 0 Å². The van der Waals surface area contributed by atoms with Crippen LogP contribution < -0.4 is 5.32 Å². The van der Waals surface area contributed by atoms with Crippen molar-refractivity contribution in [2.75, 3.05) is 26.2 Å². The average molecular weight is 457 g/mol. The summed E-state index contributed by atoms with van der Waals surface area (Å²) in [7, 11) is 0. The molecule has 2 heterocycles. The van der Waals surface area contributed by atoms with Gasteiger partial charge in [-0.2, -0.15) is 0 Å². The highest BCUT2D eigenvalue weighted by molar-refractivity contribution is 14.1. The van der Waals surface area contributed by atoms with Gasteiger partial charge in [0, 0.05) is 34.6 Å². The van der Waals surface area contributed by atoms with E-state index in [0.717, 1.165) is 26.2 Å². The summed E-state index contributed by atoms with van der Waals surface area (Å²) in [5.74, 6) is 0. The molecular formula is C15H19Cl2IN2S. The molecule has 1 aromatic carbocycles. The number of benzene rings is 1. The lowest BCUT2D eigenvalue weighted by Gasteiger charge is -2.35. The van der Waals surface area contributed by atoms with Gasteiger partial charge in [-0.1, -0.05) is 24.3 Å². The van der Waals surface area contributed by atoms with Crippen LogP contribution in [0.1, 0.15) is 16.5 Å². The van der Waals surface area contributed by atoms with E-state index in [1.807, 2.05) is 11.3 Å². The molecule has 0 radical (unpaired) electrons. The highest BCUT2D eigenvalue weighted by Crippen LogP contribution is 2.34. The van der Waals surface area contributed by atoms with Gasteiger partial charge in [0.2, 0.25) is 0 Å². The minimum atomic E-state index is 0. The zero-order valence-corrected chi connectivity index (χ0v) is 16.1. The van der Waals surface area contributed by atoms with Crippen LogP contribution in [-0.4, -0.2) is 31.1 Å². The molecule has 1 saturated heterocycles. The first-order chi connectivity index (χ1) is 9.36. The summed E-state index contributed by atoms with van der Waals surface area (Å²) >= 11 is 4.32. The Morgan fingerprint density at radius 2 is 1.76 bits per heavy atom. The fourth-order valence-electron chi connectivity index (χ4n) is 2.61. The van der Waals surface area contributed by atoms with Crippen LogP contribution in [-0.2, 0) is 0 Å². The van der Waals surface area contributed by atoms with Crippen LogP contribution in [0, 0.1) is 3.57 Å². The van der Waals surface area contributed by atoms with E-state index >= 15 is 0 Å². The first-order valence-electron chi connectivity index (χ1n) is 6.59. The summed E-state index contributed by atoms with van der Waals surface area (Å²) in [6.07, 6.45) is 0. The molecule has 1 atom stereocenters. The van der Waals surface area contributed by atoms with Gasteiger partial charge in [-0.3, -0.25) is 4.90 Å². The molecule has 116 valence electrons. The quantitative estimate of drug-likeness (QED) is 0.696. The summed E-state index contributed by atoms with van der Waals surface area (Å²) in [6.45, 7) is 4.41. The second-order valence-electron chi connectivity index (χ2n) is 4.73. The Morgan fingerprint density at radius 3 is 2.38 bits per heavy atom. The van der Waals surface area contributed by atoms with Gasteiger partial charge in [0.05, 0.1) is 6.04 Å². The predicted molar refractivity (Wildman–Crippen MR) is 104 cm³/mol. The SMILES string of the molecule is Cl.Cl.Ic1ccccc1[C@@H](c1cccs1)N1CCNCC1. The molecule has 0 aliphatic carbocycles. The lowest BCUT2D eigenvalue weighted by Crippen LogP contribution is -2.45. The van der Waals surface area contributed by atoms with Gasteiger partial charge < -0.3 is 5.32 Å². The molecule has 1 aromatic heterocycles. The van der Waals surface area contributed by atoms with E-state index in [1.165, 1.54) is 14.0 Å². The molecule has 0 bridgehead atoms. The Bertz CT molecular complexity index is 530. The standard InChI is InChI=1S/C15H17IN2S.2ClH/c16-13-5-2-1-4-12(13)15(14-6-3-11-19-14)18-9-7-17-8-10-18;;/h1-6,11,15,17H,7-10H2;2*1H/t15-;;/m0../s1. The molecule has 0 saturated carbocycles. The smallest absolute Gasteiger partial charge is 0.0707 e. The van der Waals surface area contributed by atoms with Crippen molar-refractivity contribution in [2.24, 2.45) is 0 Å². The number of rotatable bonds is 3. The van der Waals surface area contributed by atoms with Gasteiger partial charge in [0.25, 0.3) is 0 Å². The highest BCUT2D eigenvalue weighted by atomic mass is 127. The number of hydrogen-bond donors (Lipinski definition) is 1. The van der Waals surface area contributed by atoms with Crippen molar-refractivity contribution in [1.82, 2.24) is 10.2 Å². The molecule has 0 spiro atoms. The van der Waals surface area contributed by atoms with Crippen molar-refractivity contribution in [1.29, 1.82) is 0 Å². The third-order valence-corrected chi connectivity index (χ3v) is 5.44. The van der Waals surface area contributed by atoms with Crippen LogP contribution >= 0.6 is 58.7 Å². The fourth-order valence-corrected chi connectivity index (χ4v) is 4.17. The zero-order chi connectivity index (χ0) is 13.1. The summed E-state index contributed by atoms with van der Waals surface area (Å²) < 4.78 is 1.36. The molecule has 0 unspecified atom stereocenters. The lowest BCUT2D eigenvalue weighted by molar-refractivity contribution is 0.200. The van der Waals surface area contributed by atoms with Gasteiger partial charge in [-0.05, 0) is 45.7 Å². The van der Waals surface area contributed by atoms with E-state index in [1.54, 1.807) is 0 Å². The Labute approximate surface area is 156 Å². The van der Waals surface area contributed by atoms with Crippen LogP contribution in [0.4, 0.5) is 0 Å². The van der Waals surface area contributed by atoms with Gasteiger partial charge in [0.1, 0.15) is 0 Å². The molecule has 6 heteroatoms. The van der Waals surface area contributed by atoms with Crippen LogP contribution in [0.15, 0.2) is 41.8 Å². The van der Waals surface area contributed by atoms with Crippen LogP contribution in [0.2, 0.25) is 0 Å². The summed E-state index contributed by atoms with van der Waals surface area (Å²) in [5.41, 5.74) is 1.44. The highest BCUT2D eigenvalue weighted by Gasteiger charge is 2.25. The number of piperazine rings is 1. The third kappa shape index (κ3) is 4.56. The van der Waals surface area contributed by atoms with E-state index < -0.39 is 0 Å². The van der Waals surface area contributed by atoms with Crippen molar-refractivity contribution >= 4 is 58.7 Å². The minimum absolute atomic E-state index is 0. The van der Waals surface area contributed by atoms with Crippen molar-refractivity contribution in [3.05, 3.63) is 55.8 Å². The summed E-state index contributed by atoms with van der Waals surface area (Å²) in [6, 6.07) is 13.6. The molecule has 1 aliphatic rings. The zero-order valence-electron chi connectivity index (χ0n) is 11.5. The van der Waals surface area contributed by atoms with Gasteiger partial charge >= 0.3 is 0 Å². The number of thiophene rings is 1. The number of halogens is 3. The topological polar surface area (TPSA) is 15.3 Å². The average Bonchev–Trinajstić information content (AvgIpc) is 2.96. The second kappa shape index (κ2) is 9.33. The lowest BCUT2D eigenvalue weighted by atomic mass is 10.0. The Kier molecular flexibility index (Phi) is 8.52. The summed E-state index contributed by atoms with van der Waals surface area (Å²) in [4.78, 5) is 4.05. The van der Waals surface area contributed by atoms with Gasteiger partial charge in [0.15, 0.2) is 0 Å². The Balaban J connectivity index is 0.00000110. The van der Waals surface area contributed by atoms with Crippen molar-refractivity contribution in [2.45, 2.75) is 6.04 Å². The molecule has 1 fully saturated rings. The molecule has 3 rings (SSSR count).